The van der Waals surface area contributed by atoms with E-state index in [2.05, 4.69) is 10.2 Å². The molecule has 3 atom stereocenters. The Kier molecular flexibility index (Phi) is 7.32. The van der Waals surface area contributed by atoms with E-state index in [9.17, 15) is 14.0 Å². The average Bonchev–Trinajstić information content (AvgIpc) is 3.39. The van der Waals surface area contributed by atoms with E-state index in [1.165, 1.54) is 6.07 Å². The van der Waals surface area contributed by atoms with Crippen LogP contribution in [0.2, 0.25) is 0 Å². The van der Waals surface area contributed by atoms with E-state index < -0.39 is 11.7 Å². The third kappa shape index (κ3) is 5.35. The highest BCUT2D eigenvalue weighted by Gasteiger charge is 2.29. The molecule has 38 heavy (non-hydrogen) atoms. The van der Waals surface area contributed by atoms with Gasteiger partial charge in [-0.15, -0.1) is 0 Å². The number of amides is 2. The minimum Gasteiger partial charge on any atom is -0.372 e. The minimum atomic E-state index is -0.705. The summed E-state index contributed by atoms with van der Waals surface area (Å²) in [5.74, 6) is -1.36. The third-order valence-electron chi connectivity index (χ3n) is 7.34. The molecule has 200 valence electrons. The second kappa shape index (κ2) is 10.7. The van der Waals surface area contributed by atoms with Gasteiger partial charge in [0.2, 0.25) is 5.91 Å². The van der Waals surface area contributed by atoms with Crippen LogP contribution in [0.3, 0.4) is 0 Å². The molecule has 2 aliphatic rings. The Labute approximate surface area is 221 Å². The van der Waals surface area contributed by atoms with Gasteiger partial charge < -0.3 is 25.6 Å². The van der Waals surface area contributed by atoms with Crippen molar-refractivity contribution in [1.82, 2.24) is 15.2 Å². The second-order valence-corrected chi connectivity index (χ2v) is 10.5. The molecular formula is C29H34FN5O3. The molecule has 5 rings (SSSR count). The van der Waals surface area contributed by atoms with Crippen LogP contribution in [0, 0.1) is 5.82 Å². The van der Waals surface area contributed by atoms with E-state index in [1.807, 2.05) is 39.1 Å². The van der Waals surface area contributed by atoms with E-state index in [0.717, 1.165) is 31.1 Å². The maximum Gasteiger partial charge on any atom is 0.256 e. The zero-order chi connectivity index (χ0) is 27.0. The Morgan fingerprint density at radius 2 is 1.92 bits per heavy atom. The number of carbonyl (C=O) groups excluding carboxylic acids is 2. The monoisotopic (exact) mass is 519 g/mol. The number of pyridine rings is 1. The highest BCUT2D eigenvalue weighted by Crippen LogP contribution is 2.34. The predicted molar refractivity (Wildman–Crippen MR) is 146 cm³/mol. The number of hydrogen-bond acceptors (Lipinski definition) is 6. The molecule has 1 aromatic heterocycles. The lowest BCUT2D eigenvalue weighted by molar-refractivity contribution is -0.00530. The quantitative estimate of drug-likeness (QED) is 0.516. The Bertz CT molecular complexity index is 1360. The third-order valence-corrected chi connectivity index (χ3v) is 7.34. The van der Waals surface area contributed by atoms with Gasteiger partial charge in [-0.05, 0) is 74.7 Å². The topological polar surface area (TPSA) is 101 Å². The number of carbonyl (C=O) groups is 2. The summed E-state index contributed by atoms with van der Waals surface area (Å²) in [5.41, 5.74) is 8.65. The minimum absolute atomic E-state index is 0.00339. The fourth-order valence-corrected chi connectivity index (χ4v) is 5.62. The smallest absolute Gasteiger partial charge is 0.256 e. The summed E-state index contributed by atoms with van der Waals surface area (Å²) in [5, 5.41) is 4.14. The van der Waals surface area contributed by atoms with Crippen LogP contribution in [0.5, 0.6) is 0 Å². The molecule has 0 spiro atoms. The molecule has 2 fully saturated rings. The van der Waals surface area contributed by atoms with Crippen LogP contribution in [0.15, 0.2) is 42.6 Å². The SMILES string of the molecule is CC1CN(c2cnc3ccc(-c4cc(F)cc(C(N)=O)c4)cc3c2C(=O)N(C)C[C@@H]2CCCN2)CC(C)O1. The molecule has 2 aliphatic heterocycles. The largest absolute Gasteiger partial charge is 0.372 e. The van der Waals surface area contributed by atoms with Crippen molar-refractivity contribution in [2.45, 2.75) is 44.9 Å². The number of primary amides is 1. The molecule has 2 saturated heterocycles. The first-order chi connectivity index (χ1) is 18.2. The number of rotatable bonds is 6. The van der Waals surface area contributed by atoms with E-state index in [1.54, 1.807) is 17.2 Å². The maximum atomic E-state index is 14.4. The molecule has 0 aliphatic carbocycles. The van der Waals surface area contributed by atoms with Crippen LogP contribution in [0.4, 0.5) is 10.1 Å². The first-order valence-electron chi connectivity index (χ1n) is 13.1. The van der Waals surface area contributed by atoms with Crippen molar-refractivity contribution in [2.75, 3.05) is 38.1 Å². The van der Waals surface area contributed by atoms with Crippen molar-refractivity contribution in [1.29, 1.82) is 0 Å². The molecule has 2 amide bonds. The number of benzene rings is 2. The molecule has 2 unspecified atom stereocenters. The van der Waals surface area contributed by atoms with Crippen molar-refractivity contribution >= 4 is 28.4 Å². The van der Waals surface area contributed by atoms with Crippen LogP contribution in [0.1, 0.15) is 47.4 Å². The number of fused-ring (bicyclic) bond motifs is 1. The van der Waals surface area contributed by atoms with Crippen LogP contribution < -0.4 is 16.0 Å². The van der Waals surface area contributed by atoms with Crippen LogP contribution in [-0.2, 0) is 4.74 Å². The lowest BCUT2D eigenvalue weighted by atomic mass is 9.97. The molecule has 9 heteroatoms. The molecular weight excluding hydrogens is 485 g/mol. The van der Waals surface area contributed by atoms with E-state index in [0.29, 0.717) is 47.2 Å². The van der Waals surface area contributed by atoms with Gasteiger partial charge in [0.25, 0.3) is 5.91 Å². The molecule has 2 aromatic carbocycles. The van der Waals surface area contributed by atoms with Crippen molar-refractivity contribution < 1.29 is 18.7 Å². The molecule has 3 N–H and O–H groups in total. The van der Waals surface area contributed by atoms with Gasteiger partial charge in [0.05, 0.1) is 35.2 Å². The summed E-state index contributed by atoms with van der Waals surface area (Å²) in [6, 6.07) is 9.79. The van der Waals surface area contributed by atoms with Crippen LogP contribution in [0.25, 0.3) is 22.0 Å². The Hall–Kier alpha value is -3.56. The number of likely N-dealkylation sites (N-methyl/N-ethyl adjacent to an activating group) is 1. The summed E-state index contributed by atoms with van der Waals surface area (Å²) >= 11 is 0. The summed E-state index contributed by atoms with van der Waals surface area (Å²) < 4.78 is 20.3. The van der Waals surface area contributed by atoms with Crippen molar-refractivity contribution in [3.63, 3.8) is 0 Å². The fourth-order valence-electron chi connectivity index (χ4n) is 5.62. The van der Waals surface area contributed by atoms with Gasteiger partial charge in [0.15, 0.2) is 0 Å². The number of nitrogens with two attached hydrogens (primary N) is 1. The van der Waals surface area contributed by atoms with Crippen LogP contribution >= 0.6 is 0 Å². The summed E-state index contributed by atoms with van der Waals surface area (Å²) in [6.45, 7) is 6.88. The van der Waals surface area contributed by atoms with Gasteiger partial charge in [0, 0.05) is 43.7 Å². The van der Waals surface area contributed by atoms with E-state index in [4.69, 9.17) is 15.5 Å². The number of hydrogen-bond donors (Lipinski definition) is 2. The number of halogens is 1. The molecule has 8 nitrogen and oxygen atoms in total. The number of ether oxygens (including phenoxy) is 1. The Balaban J connectivity index is 1.64. The second-order valence-electron chi connectivity index (χ2n) is 10.5. The first-order valence-corrected chi connectivity index (χ1v) is 13.1. The molecule has 0 radical (unpaired) electrons. The standard InChI is InChI=1S/C29H34FN5O3/c1-17-14-35(15-18(2)38-17)26-13-33-25-7-6-19(20-9-21(28(31)36)11-22(30)10-20)12-24(25)27(26)29(37)34(3)16-23-5-4-8-32-23/h6-7,9-13,17-18,23,32H,4-5,8,14-16H2,1-3H3,(H2,31,36)/t17?,18?,23-/m0/s1. The average molecular weight is 520 g/mol. The molecule has 0 saturated carbocycles. The van der Waals surface area contributed by atoms with Gasteiger partial charge in [-0.3, -0.25) is 14.6 Å². The van der Waals surface area contributed by atoms with E-state index in [-0.39, 0.29) is 29.7 Å². The fraction of sp³-hybridized carbons (Fsp3) is 0.414. The number of nitrogens with zero attached hydrogens (tertiary/aromatic N) is 3. The van der Waals surface area contributed by atoms with Crippen molar-refractivity contribution in [2.24, 2.45) is 5.73 Å². The summed E-state index contributed by atoms with van der Waals surface area (Å²) in [4.78, 5) is 34.5. The van der Waals surface area contributed by atoms with Gasteiger partial charge >= 0.3 is 0 Å². The molecule has 0 bridgehead atoms. The molecule has 3 heterocycles. The summed E-state index contributed by atoms with van der Waals surface area (Å²) in [6.07, 6.45) is 3.91. The van der Waals surface area contributed by atoms with Gasteiger partial charge in [-0.1, -0.05) is 6.07 Å². The number of anilines is 1. The zero-order valence-corrected chi connectivity index (χ0v) is 22.0. The van der Waals surface area contributed by atoms with E-state index >= 15 is 0 Å². The lowest BCUT2D eigenvalue weighted by Gasteiger charge is -2.38. The highest BCUT2D eigenvalue weighted by atomic mass is 19.1. The molecule has 3 aromatic rings. The number of nitrogens with one attached hydrogen (secondary N) is 1. The van der Waals surface area contributed by atoms with Gasteiger partial charge in [0.1, 0.15) is 5.82 Å². The Morgan fingerprint density at radius 3 is 2.61 bits per heavy atom. The first kappa shape index (κ1) is 26.1. The highest BCUT2D eigenvalue weighted by molar-refractivity contribution is 6.11. The Morgan fingerprint density at radius 1 is 1.16 bits per heavy atom. The van der Waals surface area contributed by atoms with Crippen LogP contribution in [-0.4, -0.2) is 73.2 Å². The zero-order valence-electron chi connectivity index (χ0n) is 22.0. The van der Waals surface area contributed by atoms with Crippen molar-refractivity contribution in [3.8, 4) is 11.1 Å². The normalized spacial score (nSPS) is 21.6. The van der Waals surface area contributed by atoms with Crippen molar-refractivity contribution in [3.05, 3.63) is 59.5 Å². The summed E-state index contributed by atoms with van der Waals surface area (Å²) in [7, 11) is 1.83. The number of aromatic nitrogens is 1. The van der Waals surface area contributed by atoms with Gasteiger partial charge in [-0.25, -0.2) is 4.39 Å². The van der Waals surface area contributed by atoms with Gasteiger partial charge in [-0.2, -0.15) is 0 Å². The number of morpholine rings is 1. The maximum absolute atomic E-state index is 14.4. The lowest BCUT2D eigenvalue weighted by Crippen LogP contribution is -2.46. The predicted octanol–water partition coefficient (Wildman–Crippen LogP) is 3.58.